The van der Waals surface area contributed by atoms with Crippen molar-refractivity contribution in [2.24, 2.45) is 0 Å². The van der Waals surface area contributed by atoms with Crippen molar-refractivity contribution in [2.75, 3.05) is 13.2 Å². The summed E-state index contributed by atoms with van der Waals surface area (Å²) in [5.74, 6) is -0.0840. The Hall–Kier alpha value is -2.04. The molecule has 1 aliphatic rings. The Morgan fingerprint density at radius 3 is 2.77 bits per heavy atom. The summed E-state index contributed by atoms with van der Waals surface area (Å²) in [6.07, 6.45) is 9.99. The third-order valence-electron chi connectivity index (χ3n) is 3.94. The number of hydrogen-bond donors (Lipinski definition) is 0. The van der Waals surface area contributed by atoms with Crippen molar-refractivity contribution in [3.05, 3.63) is 30.2 Å². The van der Waals surface area contributed by atoms with Crippen molar-refractivity contribution in [1.82, 2.24) is 4.90 Å². The second kappa shape index (κ2) is 8.41. The van der Waals surface area contributed by atoms with E-state index in [1.54, 1.807) is 12.1 Å². The minimum absolute atomic E-state index is 0.117. The van der Waals surface area contributed by atoms with Gasteiger partial charge in [0.2, 0.25) is 0 Å². The molecule has 0 bridgehead atoms. The van der Waals surface area contributed by atoms with E-state index in [0.717, 1.165) is 12.8 Å². The molecule has 0 radical (unpaired) electrons. The van der Waals surface area contributed by atoms with Gasteiger partial charge < -0.3 is 14.1 Å². The van der Waals surface area contributed by atoms with E-state index in [-0.39, 0.29) is 12.5 Å². The molecule has 1 saturated carbocycles. The molecule has 1 amide bonds. The van der Waals surface area contributed by atoms with E-state index in [1.165, 1.54) is 37.7 Å². The van der Waals surface area contributed by atoms with E-state index < -0.39 is 5.97 Å². The van der Waals surface area contributed by atoms with Gasteiger partial charge in [0.05, 0.1) is 6.26 Å². The quantitative estimate of drug-likeness (QED) is 0.599. The van der Waals surface area contributed by atoms with Gasteiger partial charge in [-0.3, -0.25) is 4.79 Å². The van der Waals surface area contributed by atoms with Crippen LogP contribution >= 0.6 is 0 Å². The molecule has 1 fully saturated rings. The molecule has 0 aromatic carbocycles. The fourth-order valence-electron chi connectivity index (χ4n) is 2.83. The van der Waals surface area contributed by atoms with E-state index in [1.807, 2.05) is 11.8 Å². The Morgan fingerprint density at radius 1 is 1.36 bits per heavy atom. The summed E-state index contributed by atoms with van der Waals surface area (Å²) in [4.78, 5) is 25.7. The zero-order valence-corrected chi connectivity index (χ0v) is 13.0. The standard InChI is InChI=1S/C17H23NO4/c1-2-18(14-7-4-3-5-8-14)16(19)13-22-17(20)11-10-15-9-6-12-21-15/h6,9-12,14H,2-5,7-8,13H2,1H3/b11-10+. The minimum atomic E-state index is -0.538. The Morgan fingerprint density at radius 2 is 2.14 bits per heavy atom. The third kappa shape index (κ3) is 4.76. The Kier molecular flexibility index (Phi) is 6.25. The van der Waals surface area contributed by atoms with Crippen LogP contribution in [0.4, 0.5) is 0 Å². The van der Waals surface area contributed by atoms with Crippen LogP contribution in [0.25, 0.3) is 6.08 Å². The van der Waals surface area contributed by atoms with Crippen LogP contribution < -0.4 is 0 Å². The largest absolute Gasteiger partial charge is 0.465 e. The molecule has 120 valence electrons. The molecule has 0 unspecified atom stereocenters. The molecule has 0 saturated heterocycles. The van der Waals surface area contributed by atoms with Gasteiger partial charge in [-0.15, -0.1) is 0 Å². The van der Waals surface area contributed by atoms with E-state index in [2.05, 4.69) is 0 Å². The summed E-state index contributed by atoms with van der Waals surface area (Å²) in [6, 6.07) is 3.76. The van der Waals surface area contributed by atoms with Crippen molar-refractivity contribution < 1.29 is 18.7 Å². The van der Waals surface area contributed by atoms with Crippen molar-refractivity contribution in [3.63, 3.8) is 0 Å². The number of esters is 1. The summed E-state index contributed by atoms with van der Waals surface area (Å²) in [6.45, 7) is 2.42. The number of amides is 1. The lowest BCUT2D eigenvalue weighted by molar-refractivity contribution is -0.149. The van der Waals surface area contributed by atoms with E-state index in [9.17, 15) is 9.59 Å². The van der Waals surface area contributed by atoms with Crippen LogP contribution in [0.2, 0.25) is 0 Å². The smallest absolute Gasteiger partial charge is 0.331 e. The van der Waals surface area contributed by atoms with Gasteiger partial charge in [0.15, 0.2) is 6.61 Å². The topological polar surface area (TPSA) is 59.8 Å². The molecule has 2 rings (SSSR count). The summed E-state index contributed by atoms with van der Waals surface area (Å²) < 4.78 is 10.1. The number of ether oxygens (including phenoxy) is 1. The molecule has 1 aliphatic carbocycles. The van der Waals surface area contributed by atoms with Crippen LogP contribution in [0.1, 0.15) is 44.8 Å². The van der Waals surface area contributed by atoms with Gasteiger partial charge in [0, 0.05) is 18.7 Å². The summed E-state index contributed by atoms with van der Waals surface area (Å²) in [7, 11) is 0. The summed E-state index contributed by atoms with van der Waals surface area (Å²) >= 11 is 0. The maximum absolute atomic E-state index is 12.2. The normalized spacial score (nSPS) is 15.9. The third-order valence-corrected chi connectivity index (χ3v) is 3.94. The van der Waals surface area contributed by atoms with Gasteiger partial charge in [-0.25, -0.2) is 4.79 Å². The molecule has 0 atom stereocenters. The number of furan rings is 1. The number of nitrogens with zero attached hydrogens (tertiary/aromatic N) is 1. The van der Waals surface area contributed by atoms with Crippen molar-refractivity contribution in [2.45, 2.75) is 45.1 Å². The maximum Gasteiger partial charge on any atom is 0.331 e. The van der Waals surface area contributed by atoms with Gasteiger partial charge in [0.25, 0.3) is 5.91 Å². The number of hydrogen-bond acceptors (Lipinski definition) is 4. The molecule has 1 aromatic heterocycles. The van der Waals surface area contributed by atoms with Crippen LogP contribution in [0, 0.1) is 0 Å². The zero-order chi connectivity index (χ0) is 15.8. The Balaban J connectivity index is 1.78. The van der Waals surface area contributed by atoms with Gasteiger partial charge in [-0.1, -0.05) is 19.3 Å². The number of carbonyl (C=O) groups excluding carboxylic acids is 2. The first kappa shape index (κ1) is 16.3. The monoisotopic (exact) mass is 305 g/mol. The number of carbonyl (C=O) groups is 2. The van der Waals surface area contributed by atoms with Crippen molar-refractivity contribution in [3.8, 4) is 0 Å². The van der Waals surface area contributed by atoms with E-state index >= 15 is 0 Å². The number of likely N-dealkylation sites (N-methyl/N-ethyl adjacent to an activating group) is 1. The Bertz CT molecular complexity index is 501. The predicted octanol–water partition coefficient (Wildman–Crippen LogP) is 3.02. The molecular formula is C17H23NO4. The Labute approximate surface area is 130 Å². The van der Waals surface area contributed by atoms with Gasteiger partial charge in [-0.2, -0.15) is 0 Å². The van der Waals surface area contributed by atoms with Crippen molar-refractivity contribution in [1.29, 1.82) is 0 Å². The lowest BCUT2D eigenvalue weighted by atomic mass is 9.94. The average Bonchev–Trinajstić information content (AvgIpc) is 3.06. The first-order chi connectivity index (χ1) is 10.7. The molecule has 1 heterocycles. The van der Waals surface area contributed by atoms with Gasteiger partial charge in [0.1, 0.15) is 5.76 Å². The first-order valence-corrected chi connectivity index (χ1v) is 7.88. The maximum atomic E-state index is 12.2. The highest BCUT2D eigenvalue weighted by Gasteiger charge is 2.24. The summed E-state index contributed by atoms with van der Waals surface area (Å²) in [5.41, 5.74) is 0. The molecular weight excluding hydrogens is 282 g/mol. The highest BCUT2D eigenvalue weighted by atomic mass is 16.5. The van der Waals surface area contributed by atoms with E-state index in [0.29, 0.717) is 18.3 Å². The van der Waals surface area contributed by atoms with Crippen LogP contribution in [-0.2, 0) is 14.3 Å². The SMILES string of the molecule is CCN(C(=O)COC(=O)/C=C/c1ccco1)C1CCCCC1. The molecule has 22 heavy (non-hydrogen) atoms. The summed E-state index contributed by atoms with van der Waals surface area (Å²) in [5, 5.41) is 0. The van der Waals surface area contributed by atoms with Crippen LogP contribution in [0.5, 0.6) is 0 Å². The fraction of sp³-hybridized carbons (Fsp3) is 0.529. The second-order valence-corrected chi connectivity index (χ2v) is 5.43. The van der Waals surface area contributed by atoms with E-state index in [4.69, 9.17) is 9.15 Å². The molecule has 1 aromatic rings. The zero-order valence-electron chi connectivity index (χ0n) is 13.0. The minimum Gasteiger partial charge on any atom is -0.465 e. The van der Waals surface area contributed by atoms with Crippen LogP contribution in [0.3, 0.4) is 0 Å². The molecule has 0 spiro atoms. The first-order valence-electron chi connectivity index (χ1n) is 7.88. The molecule has 5 heteroatoms. The highest BCUT2D eigenvalue weighted by molar-refractivity contribution is 5.89. The van der Waals surface area contributed by atoms with Gasteiger partial charge >= 0.3 is 5.97 Å². The fourth-order valence-corrected chi connectivity index (χ4v) is 2.83. The second-order valence-electron chi connectivity index (χ2n) is 5.43. The highest BCUT2D eigenvalue weighted by Crippen LogP contribution is 2.22. The van der Waals surface area contributed by atoms with Crippen LogP contribution in [0.15, 0.2) is 28.9 Å². The average molecular weight is 305 g/mol. The van der Waals surface area contributed by atoms with Crippen LogP contribution in [-0.4, -0.2) is 36.0 Å². The lowest BCUT2D eigenvalue weighted by Crippen LogP contribution is -2.43. The molecule has 0 aliphatic heterocycles. The number of rotatable bonds is 6. The lowest BCUT2D eigenvalue weighted by Gasteiger charge is -2.33. The molecule has 5 nitrogen and oxygen atoms in total. The van der Waals surface area contributed by atoms with Gasteiger partial charge in [-0.05, 0) is 38.0 Å². The predicted molar refractivity (Wildman–Crippen MR) is 83.0 cm³/mol. The van der Waals surface area contributed by atoms with Crippen molar-refractivity contribution >= 4 is 18.0 Å². The molecule has 0 N–H and O–H groups in total.